The van der Waals surface area contributed by atoms with Gasteiger partial charge in [0.15, 0.2) is 0 Å². The minimum absolute atomic E-state index is 0.0105. The Morgan fingerprint density at radius 2 is 1.93 bits per heavy atom. The van der Waals surface area contributed by atoms with E-state index in [0.717, 1.165) is 22.9 Å². The SMILES string of the molecule is COC(=O)c1ccc(Cl)c(S(=O)(=O)Nc2ccc3c(c2)sc(=O)n3C(C)C)c1. The van der Waals surface area contributed by atoms with E-state index in [0.29, 0.717) is 4.70 Å². The lowest BCUT2D eigenvalue weighted by Gasteiger charge is -2.11. The Morgan fingerprint density at radius 3 is 2.57 bits per heavy atom. The van der Waals surface area contributed by atoms with Gasteiger partial charge in [-0.1, -0.05) is 22.9 Å². The van der Waals surface area contributed by atoms with Gasteiger partial charge in [0.1, 0.15) is 4.90 Å². The van der Waals surface area contributed by atoms with Crippen LogP contribution in [0.15, 0.2) is 46.1 Å². The molecule has 0 radical (unpaired) electrons. The van der Waals surface area contributed by atoms with E-state index in [-0.39, 0.29) is 32.1 Å². The number of hydrogen-bond donors (Lipinski definition) is 1. The van der Waals surface area contributed by atoms with Crippen molar-refractivity contribution in [2.75, 3.05) is 11.8 Å². The highest BCUT2D eigenvalue weighted by atomic mass is 35.5. The second-order valence-corrected chi connectivity index (χ2v) is 9.31. The third kappa shape index (κ3) is 3.78. The van der Waals surface area contributed by atoms with E-state index in [9.17, 15) is 18.0 Å². The number of nitrogens with zero attached hydrogens (tertiary/aromatic N) is 1. The van der Waals surface area contributed by atoms with Crippen LogP contribution in [0.1, 0.15) is 30.2 Å². The Balaban J connectivity index is 2.01. The number of hydrogen-bond acceptors (Lipinski definition) is 6. The second-order valence-electron chi connectivity index (χ2n) is 6.26. The zero-order valence-electron chi connectivity index (χ0n) is 15.2. The van der Waals surface area contributed by atoms with Crippen LogP contribution in [0.25, 0.3) is 10.2 Å². The van der Waals surface area contributed by atoms with Crippen molar-refractivity contribution in [2.24, 2.45) is 0 Å². The van der Waals surface area contributed by atoms with E-state index < -0.39 is 16.0 Å². The molecule has 0 fully saturated rings. The van der Waals surface area contributed by atoms with E-state index in [2.05, 4.69) is 9.46 Å². The molecule has 0 amide bonds. The van der Waals surface area contributed by atoms with Crippen molar-refractivity contribution in [3.05, 3.63) is 56.7 Å². The number of sulfonamides is 1. The maximum atomic E-state index is 12.8. The molecule has 7 nitrogen and oxygen atoms in total. The molecule has 0 spiro atoms. The molecular formula is C18H17ClN2O5S2. The monoisotopic (exact) mass is 440 g/mol. The quantitative estimate of drug-likeness (QED) is 0.607. The molecule has 10 heteroatoms. The van der Waals surface area contributed by atoms with Gasteiger partial charge in [0.2, 0.25) is 0 Å². The first-order valence-electron chi connectivity index (χ1n) is 8.20. The van der Waals surface area contributed by atoms with Gasteiger partial charge in [-0.25, -0.2) is 13.2 Å². The number of ether oxygens (including phenoxy) is 1. The Bertz CT molecular complexity index is 1230. The first kappa shape index (κ1) is 20.4. The number of thiazole rings is 1. The second kappa shape index (κ2) is 7.57. The number of rotatable bonds is 5. The molecule has 3 aromatic rings. The smallest absolute Gasteiger partial charge is 0.337 e. The van der Waals surface area contributed by atoms with Crippen LogP contribution in [0.2, 0.25) is 5.02 Å². The summed E-state index contributed by atoms with van der Waals surface area (Å²) in [6.07, 6.45) is 0. The van der Waals surface area contributed by atoms with Gasteiger partial charge in [-0.2, -0.15) is 0 Å². The maximum Gasteiger partial charge on any atom is 0.337 e. The highest BCUT2D eigenvalue weighted by Gasteiger charge is 2.21. The van der Waals surface area contributed by atoms with Gasteiger partial charge in [0.05, 0.1) is 33.6 Å². The highest BCUT2D eigenvalue weighted by molar-refractivity contribution is 7.92. The van der Waals surface area contributed by atoms with E-state index >= 15 is 0 Å². The predicted molar refractivity (Wildman–Crippen MR) is 110 cm³/mol. The van der Waals surface area contributed by atoms with Gasteiger partial charge >= 0.3 is 10.8 Å². The molecule has 0 aliphatic carbocycles. The summed E-state index contributed by atoms with van der Waals surface area (Å²) >= 11 is 7.08. The lowest BCUT2D eigenvalue weighted by molar-refractivity contribution is 0.0600. The minimum atomic E-state index is -4.07. The lowest BCUT2D eigenvalue weighted by Crippen LogP contribution is -2.15. The Kier molecular flexibility index (Phi) is 5.51. The molecule has 0 aliphatic heterocycles. The fraction of sp³-hybridized carbons (Fsp3) is 0.222. The zero-order valence-corrected chi connectivity index (χ0v) is 17.6. The van der Waals surface area contributed by atoms with Crippen LogP contribution in [0.5, 0.6) is 0 Å². The van der Waals surface area contributed by atoms with E-state index in [1.54, 1.807) is 22.8 Å². The Hall–Kier alpha value is -2.36. The number of carbonyl (C=O) groups excluding carboxylic acids is 1. The van der Waals surface area contributed by atoms with Crippen LogP contribution in [0, 0.1) is 0 Å². The number of methoxy groups -OCH3 is 1. The number of nitrogens with one attached hydrogen (secondary N) is 1. The highest BCUT2D eigenvalue weighted by Crippen LogP contribution is 2.28. The summed E-state index contributed by atoms with van der Waals surface area (Å²) in [7, 11) is -2.86. The first-order valence-corrected chi connectivity index (χ1v) is 10.9. The fourth-order valence-electron chi connectivity index (χ4n) is 2.75. The molecule has 1 N–H and O–H groups in total. The van der Waals surface area contributed by atoms with Gasteiger partial charge in [0.25, 0.3) is 10.0 Å². The van der Waals surface area contributed by atoms with Crippen LogP contribution in [-0.4, -0.2) is 26.1 Å². The van der Waals surface area contributed by atoms with E-state index in [4.69, 9.17) is 11.6 Å². The molecule has 1 heterocycles. The third-order valence-electron chi connectivity index (χ3n) is 4.02. The summed E-state index contributed by atoms with van der Waals surface area (Å²) in [5.41, 5.74) is 1.08. The standard InChI is InChI=1S/C18H17ClN2O5S2/c1-10(2)21-14-7-5-12(9-15(14)27-18(21)23)20-28(24,25)16-8-11(17(22)26-3)4-6-13(16)19/h4-10,20H,1-3H3. The molecule has 0 saturated heterocycles. The topological polar surface area (TPSA) is 94.5 Å². The van der Waals surface area contributed by atoms with Crippen molar-refractivity contribution >= 4 is 54.8 Å². The van der Waals surface area contributed by atoms with Crippen LogP contribution in [-0.2, 0) is 14.8 Å². The maximum absolute atomic E-state index is 12.8. The summed E-state index contributed by atoms with van der Waals surface area (Å²) in [5, 5.41) is -0.0307. The summed E-state index contributed by atoms with van der Waals surface area (Å²) < 4.78 is 34.9. The first-order chi connectivity index (χ1) is 13.1. The third-order valence-corrected chi connectivity index (χ3v) is 6.80. The van der Waals surface area contributed by atoms with Gasteiger partial charge in [0, 0.05) is 6.04 Å². The molecule has 148 valence electrons. The van der Waals surface area contributed by atoms with Crippen molar-refractivity contribution < 1.29 is 17.9 Å². The van der Waals surface area contributed by atoms with Crippen molar-refractivity contribution in [1.29, 1.82) is 0 Å². The summed E-state index contributed by atoms with van der Waals surface area (Å²) in [6, 6.07) is 8.70. The largest absolute Gasteiger partial charge is 0.465 e. The minimum Gasteiger partial charge on any atom is -0.465 e. The molecule has 2 aromatic carbocycles. The molecule has 0 aliphatic rings. The van der Waals surface area contributed by atoms with Crippen LogP contribution in [0.3, 0.4) is 0 Å². The summed E-state index contributed by atoms with van der Waals surface area (Å²) in [6.45, 7) is 3.81. The van der Waals surface area contributed by atoms with Crippen molar-refractivity contribution in [3.8, 4) is 0 Å². The number of fused-ring (bicyclic) bond motifs is 1. The zero-order chi connectivity index (χ0) is 20.6. The van der Waals surface area contributed by atoms with Crippen LogP contribution in [0.4, 0.5) is 5.69 Å². The van der Waals surface area contributed by atoms with Gasteiger partial charge < -0.3 is 4.74 Å². The average Bonchev–Trinajstić information content (AvgIpc) is 2.96. The Morgan fingerprint density at radius 1 is 1.21 bits per heavy atom. The average molecular weight is 441 g/mol. The molecule has 0 saturated carbocycles. The van der Waals surface area contributed by atoms with E-state index in [1.165, 1.54) is 19.2 Å². The number of aromatic nitrogens is 1. The molecule has 1 aromatic heterocycles. The molecular weight excluding hydrogens is 424 g/mol. The number of halogens is 1. The van der Waals surface area contributed by atoms with Crippen molar-refractivity contribution in [1.82, 2.24) is 4.57 Å². The van der Waals surface area contributed by atoms with Crippen molar-refractivity contribution in [2.45, 2.75) is 24.8 Å². The van der Waals surface area contributed by atoms with Crippen LogP contribution < -0.4 is 9.60 Å². The number of benzene rings is 2. The number of carbonyl (C=O) groups is 1. The normalized spacial score (nSPS) is 11.8. The van der Waals surface area contributed by atoms with Gasteiger partial charge in [-0.05, 0) is 50.2 Å². The predicted octanol–water partition coefficient (Wildman–Crippen LogP) is 3.88. The molecule has 3 rings (SSSR count). The van der Waals surface area contributed by atoms with Gasteiger partial charge in [-0.3, -0.25) is 14.1 Å². The lowest BCUT2D eigenvalue weighted by atomic mass is 10.2. The fourth-order valence-corrected chi connectivity index (χ4v) is 5.38. The molecule has 0 bridgehead atoms. The van der Waals surface area contributed by atoms with Crippen LogP contribution >= 0.6 is 22.9 Å². The number of esters is 1. The summed E-state index contributed by atoms with van der Waals surface area (Å²) in [4.78, 5) is 23.5. The number of anilines is 1. The molecule has 0 unspecified atom stereocenters. The van der Waals surface area contributed by atoms with Crippen molar-refractivity contribution in [3.63, 3.8) is 0 Å². The Labute approximate surface area is 170 Å². The molecule has 28 heavy (non-hydrogen) atoms. The molecule has 0 atom stereocenters. The summed E-state index contributed by atoms with van der Waals surface area (Å²) in [5.74, 6) is -0.672. The van der Waals surface area contributed by atoms with E-state index in [1.807, 2.05) is 13.8 Å². The van der Waals surface area contributed by atoms with Gasteiger partial charge in [-0.15, -0.1) is 0 Å².